The van der Waals surface area contributed by atoms with Gasteiger partial charge in [-0.3, -0.25) is 14.9 Å². The molecule has 2 rings (SSSR count). The van der Waals surface area contributed by atoms with Gasteiger partial charge in [0.15, 0.2) is 12.2 Å². The summed E-state index contributed by atoms with van der Waals surface area (Å²) in [5.74, 6) is -1.38. The zero-order chi connectivity index (χ0) is 18.4. The molecule has 0 unspecified atom stereocenters. The number of carbonyl (C=O) groups is 3. The van der Waals surface area contributed by atoms with Crippen LogP contribution in [0.5, 0.6) is 0 Å². The van der Waals surface area contributed by atoms with Crippen molar-refractivity contribution in [2.75, 3.05) is 12.4 Å². The van der Waals surface area contributed by atoms with Crippen LogP contribution in [0.25, 0.3) is 11.1 Å². The first-order chi connectivity index (χ1) is 11.7. The van der Waals surface area contributed by atoms with Gasteiger partial charge in [-0.2, -0.15) is 0 Å². The molecule has 0 saturated carbocycles. The molecule has 0 fully saturated rings. The molecule has 25 heavy (non-hydrogen) atoms. The molecule has 0 saturated heterocycles. The van der Waals surface area contributed by atoms with Crippen LogP contribution in [0.2, 0.25) is 0 Å². The molecule has 2 N–H and O–H groups in total. The van der Waals surface area contributed by atoms with Crippen LogP contribution >= 0.6 is 11.8 Å². The molecule has 0 spiro atoms. The molecule has 3 amide bonds. The second kappa shape index (κ2) is 8.02. The highest BCUT2D eigenvalue weighted by atomic mass is 32.2. The highest BCUT2D eigenvalue weighted by Crippen LogP contribution is 2.22. The van der Waals surface area contributed by atoms with Gasteiger partial charge < -0.3 is 14.5 Å². The number of benzene rings is 1. The van der Waals surface area contributed by atoms with E-state index >= 15 is 0 Å². The largest absolute Gasteiger partial charge is 0.455 e. The Labute approximate surface area is 148 Å². The summed E-state index contributed by atoms with van der Waals surface area (Å²) in [6, 6.07) is 6.59. The van der Waals surface area contributed by atoms with E-state index in [0.29, 0.717) is 16.3 Å². The minimum Gasteiger partial charge on any atom is -0.455 e. The van der Waals surface area contributed by atoms with Crippen LogP contribution in [-0.4, -0.2) is 40.8 Å². The molecule has 0 bridgehead atoms. The number of nitrogens with zero attached hydrogens (tertiary/aromatic N) is 1. The van der Waals surface area contributed by atoms with Crippen molar-refractivity contribution in [3.05, 3.63) is 24.3 Å². The molecular formula is C16H19N3O5S. The number of hydrogen-bond donors (Lipinski definition) is 2. The molecule has 134 valence electrons. The molecule has 1 aromatic carbocycles. The first kappa shape index (κ1) is 18.8. The van der Waals surface area contributed by atoms with E-state index in [1.807, 2.05) is 12.1 Å². The third-order valence-corrected chi connectivity index (χ3v) is 3.50. The fourth-order valence-corrected chi connectivity index (χ4v) is 2.39. The Hall–Kier alpha value is -2.55. The van der Waals surface area contributed by atoms with E-state index in [-0.39, 0.29) is 5.75 Å². The van der Waals surface area contributed by atoms with Crippen molar-refractivity contribution in [3.63, 3.8) is 0 Å². The van der Waals surface area contributed by atoms with Gasteiger partial charge in [0.05, 0.1) is 0 Å². The fourth-order valence-electron chi connectivity index (χ4n) is 1.76. The van der Waals surface area contributed by atoms with Crippen molar-refractivity contribution < 1.29 is 23.5 Å². The van der Waals surface area contributed by atoms with Crippen LogP contribution in [0.4, 0.5) is 4.79 Å². The summed E-state index contributed by atoms with van der Waals surface area (Å²) in [5, 5.41) is 4.98. The van der Waals surface area contributed by atoms with Crippen LogP contribution in [-0.2, 0) is 14.3 Å². The van der Waals surface area contributed by atoms with Gasteiger partial charge in [0.25, 0.3) is 11.1 Å². The highest BCUT2D eigenvalue weighted by Gasteiger charge is 2.17. The summed E-state index contributed by atoms with van der Waals surface area (Å²) in [6.07, 6.45) is 0. The van der Waals surface area contributed by atoms with Gasteiger partial charge in [0.2, 0.25) is 0 Å². The van der Waals surface area contributed by atoms with Gasteiger partial charge >= 0.3 is 12.0 Å². The number of amides is 3. The zero-order valence-corrected chi connectivity index (χ0v) is 14.9. The third kappa shape index (κ3) is 6.46. The number of rotatable bonds is 5. The second-order valence-corrected chi connectivity index (χ2v) is 7.08. The Balaban J connectivity index is 1.71. The molecule has 0 atom stereocenters. The Morgan fingerprint density at radius 3 is 2.64 bits per heavy atom. The minimum absolute atomic E-state index is 0.0612. The van der Waals surface area contributed by atoms with E-state index in [4.69, 9.17) is 9.15 Å². The van der Waals surface area contributed by atoms with Crippen molar-refractivity contribution >= 4 is 40.8 Å². The average Bonchev–Trinajstić information content (AvgIpc) is 2.91. The van der Waals surface area contributed by atoms with Gasteiger partial charge in [-0.1, -0.05) is 23.9 Å². The molecule has 0 aliphatic rings. The molecule has 0 aliphatic heterocycles. The number of imide groups is 1. The number of esters is 1. The molecule has 2 aromatic rings. The van der Waals surface area contributed by atoms with Gasteiger partial charge in [-0.05, 0) is 32.9 Å². The SMILES string of the molecule is CC(C)(C)NC(=O)NC(=O)COC(=O)CSc1nc2ccccc2o1. The maximum absolute atomic E-state index is 11.7. The van der Waals surface area contributed by atoms with E-state index in [1.165, 1.54) is 0 Å². The molecular weight excluding hydrogens is 346 g/mol. The number of carbonyl (C=O) groups excluding carboxylic acids is 3. The fraction of sp³-hybridized carbons (Fsp3) is 0.375. The number of oxazole rings is 1. The molecule has 0 aliphatic carbocycles. The maximum atomic E-state index is 11.7. The zero-order valence-electron chi connectivity index (χ0n) is 14.1. The number of nitrogens with one attached hydrogen (secondary N) is 2. The molecule has 8 nitrogen and oxygen atoms in total. The molecule has 9 heteroatoms. The number of fused-ring (bicyclic) bond motifs is 1. The number of para-hydroxylation sites is 2. The predicted octanol–water partition coefficient (Wildman–Crippen LogP) is 2.09. The lowest BCUT2D eigenvalue weighted by Crippen LogP contribution is -2.49. The van der Waals surface area contributed by atoms with Gasteiger partial charge in [-0.25, -0.2) is 9.78 Å². The van der Waals surface area contributed by atoms with Gasteiger partial charge in [0, 0.05) is 5.54 Å². The van der Waals surface area contributed by atoms with Crippen molar-refractivity contribution in [2.24, 2.45) is 0 Å². The quantitative estimate of drug-likeness (QED) is 0.616. The van der Waals surface area contributed by atoms with Crippen LogP contribution in [0.15, 0.2) is 33.9 Å². The normalized spacial score (nSPS) is 11.2. The van der Waals surface area contributed by atoms with Crippen LogP contribution < -0.4 is 10.6 Å². The van der Waals surface area contributed by atoms with E-state index in [2.05, 4.69) is 15.6 Å². The van der Waals surface area contributed by atoms with Crippen LogP contribution in [0.3, 0.4) is 0 Å². The number of ether oxygens (including phenoxy) is 1. The first-order valence-electron chi connectivity index (χ1n) is 7.49. The maximum Gasteiger partial charge on any atom is 0.321 e. The Morgan fingerprint density at radius 2 is 1.96 bits per heavy atom. The summed E-state index contributed by atoms with van der Waals surface area (Å²) in [5.41, 5.74) is 0.849. The van der Waals surface area contributed by atoms with Crippen LogP contribution in [0, 0.1) is 0 Å². The van der Waals surface area contributed by atoms with Crippen molar-refractivity contribution in [3.8, 4) is 0 Å². The summed E-state index contributed by atoms with van der Waals surface area (Å²) in [6.45, 7) is 4.80. The molecule has 1 heterocycles. The minimum atomic E-state index is -0.707. The van der Waals surface area contributed by atoms with E-state index < -0.39 is 30.1 Å². The Bertz CT molecular complexity index is 748. The number of thioether (sulfide) groups is 1. The lowest BCUT2D eigenvalue weighted by molar-refractivity contribution is -0.145. The predicted molar refractivity (Wildman–Crippen MR) is 92.1 cm³/mol. The smallest absolute Gasteiger partial charge is 0.321 e. The summed E-state index contributed by atoms with van der Waals surface area (Å²) in [4.78, 5) is 38.9. The summed E-state index contributed by atoms with van der Waals surface area (Å²) in [7, 11) is 0. The highest BCUT2D eigenvalue weighted by molar-refractivity contribution is 7.99. The lowest BCUT2D eigenvalue weighted by atomic mass is 10.1. The standard InChI is InChI=1S/C16H19N3O5S/c1-16(2,3)19-14(22)18-12(20)8-23-13(21)9-25-15-17-10-6-4-5-7-11(10)24-15/h4-7H,8-9H2,1-3H3,(H2,18,19,20,22). The monoisotopic (exact) mass is 365 g/mol. The van der Waals surface area contributed by atoms with E-state index in [9.17, 15) is 14.4 Å². The number of hydrogen-bond acceptors (Lipinski definition) is 7. The Kier molecular flexibility index (Phi) is 6.02. The summed E-state index contributed by atoms with van der Waals surface area (Å²) >= 11 is 1.06. The molecule has 1 aromatic heterocycles. The van der Waals surface area contributed by atoms with Crippen molar-refractivity contribution in [1.29, 1.82) is 0 Å². The number of urea groups is 1. The van der Waals surface area contributed by atoms with Crippen molar-refractivity contribution in [2.45, 2.75) is 31.5 Å². The average molecular weight is 365 g/mol. The van der Waals surface area contributed by atoms with Gasteiger partial charge in [0.1, 0.15) is 11.3 Å². The topological polar surface area (TPSA) is 111 Å². The number of aromatic nitrogens is 1. The summed E-state index contributed by atoms with van der Waals surface area (Å²) < 4.78 is 10.3. The van der Waals surface area contributed by atoms with Gasteiger partial charge in [-0.15, -0.1) is 0 Å². The van der Waals surface area contributed by atoms with E-state index in [1.54, 1.807) is 32.9 Å². The lowest BCUT2D eigenvalue weighted by Gasteiger charge is -2.20. The second-order valence-electron chi connectivity index (χ2n) is 6.15. The van der Waals surface area contributed by atoms with Crippen LogP contribution in [0.1, 0.15) is 20.8 Å². The third-order valence-electron chi connectivity index (χ3n) is 2.69. The Morgan fingerprint density at radius 1 is 1.24 bits per heavy atom. The molecule has 0 radical (unpaired) electrons. The first-order valence-corrected chi connectivity index (χ1v) is 8.47. The van der Waals surface area contributed by atoms with E-state index in [0.717, 1.165) is 11.8 Å². The van der Waals surface area contributed by atoms with Crippen molar-refractivity contribution in [1.82, 2.24) is 15.6 Å².